The summed E-state index contributed by atoms with van der Waals surface area (Å²) in [4.78, 5) is 8.50. The van der Waals surface area contributed by atoms with Crippen LogP contribution in [0.3, 0.4) is 0 Å². The van der Waals surface area contributed by atoms with Crippen LogP contribution in [0.25, 0.3) is 0 Å². The monoisotopic (exact) mass is 368 g/mol. The topological polar surface area (TPSA) is 93.1 Å². The number of hydrogen-bond donors (Lipinski definition) is 2. The van der Waals surface area contributed by atoms with Crippen LogP contribution in [0.5, 0.6) is 0 Å². The summed E-state index contributed by atoms with van der Waals surface area (Å²) >= 11 is 0. The molecule has 0 radical (unpaired) electrons. The normalized spacial score (nSPS) is 17.3. The molecule has 2 rings (SSSR count). The zero-order chi connectivity index (χ0) is 20.6. The number of amidine groups is 1. The van der Waals surface area contributed by atoms with E-state index in [9.17, 15) is 0 Å². The summed E-state index contributed by atoms with van der Waals surface area (Å²) < 4.78 is 10.7. The van der Waals surface area contributed by atoms with Crippen LogP contribution in [0.15, 0.2) is 9.98 Å². The van der Waals surface area contributed by atoms with E-state index in [1.165, 1.54) is 0 Å². The molecular formula is C20H40N4O2. The number of rotatable bonds is 0. The largest absolute Gasteiger partial charge is 0.481 e. The van der Waals surface area contributed by atoms with E-state index in [2.05, 4.69) is 51.5 Å². The summed E-state index contributed by atoms with van der Waals surface area (Å²) in [6, 6.07) is 0. The molecule has 0 unspecified atom stereocenters. The molecule has 0 atom stereocenters. The van der Waals surface area contributed by atoms with Crippen molar-refractivity contribution in [3.63, 3.8) is 0 Å². The molecule has 0 saturated carbocycles. The molecule has 0 aliphatic carbocycles. The lowest BCUT2D eigenvalue weighted by molar-refractivity contribution is 0.242. The summed E-state index contributed by atoms with van der Waals surface area (Å²) in [5.74, 6) is 2.06. The molecular weight excluding hydrogens is 328 g/mol. The van der Waals surface area contributed by atoms with Gasteiger partial charge in [-0.15, -0.1) is 0 Å². The first-order valence-electron chi connectivity index (χ1n) is 9.35. The highest BCUT2D eigenvalue weighted by molar-refractivity contribution is 5.83. The first-order chi connectivity index (χ1) is 11.7. The molecule has 2 heterocycles. The second-order valence-electron chi connectivity index (χ2n) is 9.59. The van der Waals surface area contributed by atoms with Gasteiger partial charge >= 0.3 is 0 Å². The van der Waals surface area contributed by atoms with Gasteiger partial charge in [-0.1, -0.05) is 62.3 Å². The van der Waals surface area contributed by atoms with Crippen LogP contribution in [0.2, 0.25) is 0 Å². The number of aliphatic imine (C=N–C) groups is 2. The Morgan fingerprint density at radius 1 is 0.808 bits per heavy atom. The summed E-state index contributed by atoms with van der Waals surface area (Å²) in [6.45, 7) is 21.8. The first-order valence-corrected chi connectivity index (χ1v) is 9.35. The van der Waals surface area contributed by atoms with E-state index >= 15 is 0 Å². The summed E-state index contributed by atoms with van der Waals surface area (Å²) in [7, 11) is 0. The standard InChI is InChI=1S/C8H15NO.C7H13NO.C5H12N2/c1-8(2,3)7-9-5-4-6-10-7;1-7(2,3)6-8-4-5-9-6;1-5(2,3)4(6)7/h4-6H2,1-3H3;4-5H2,1-3H3;1-3H3,(H3,6,7). The predicted molar refractivity (Wildman–Crippen MR) is 111 cm³/mol. The molecule has 0 aromatic heterocycles. The van der Waals surface area contributed by atoms with Gasteiger partial charge in [0, 0.05) is 29.2 Å². The van der Waals surface area contributed by atoms with Crippen molar-refractivity contribution in [3.05, 3.63) is 0 Å². The van der Waals surface area contributed by atoms with Crippen molar-refractivity contribution in [3.8, 4) is 0 Å². The van der Waals surface area contributed by atoms with E-state index in [4.69, 9.17) is 20.6 Å². The lowest BCUT2D eigenvalue weighted by Gasteiger charge is -2.24. The van der Waals surface area contributed by atoms with E-state index in [1.54, 1.807) is 0 Å². The van der Waals surface area contributed by atoms with Crippen LogP contribution in [-0.4, -0.2) is 43.9 Å². The molecule has 0 saturated heterocycles. The van der Waals surface area contributed by atoms with Crippen molar-refractivity contribution < 1.29 is 9.47 Å². The smallest absolute Gasteiger partial charge is 0.188 e. The molecule has 6 nitrogen and oxygen atoms in total. The molecule has 6 heteroatoms. The third-order valence-corrected chi connectivity index (χ3v) is 3.47. The number of nitrogens with zero attached hydrogens (tertiary/aromatic N) is 2. The minimum Gasteiger partial charge on any atom is -0.481 e. The van der Waals surface area contributed by atoms with E-state index in [0.29, 0.717) is 0 Å². The van der Waals surface area contributed by atoms with Crippen LogP contribution in [0.4, 0.5) is 0 Å². The molecule has 2 aliphatic heterocycles. The van der Waals surface area contributed by atoms with Crippen LogP contribution in [0.1, 0.15) is 68.7 Å². The van der Waals surface area contributed by atoms with Gasteiger partial charge in [-0.25, -0.2) is 0 Å². The Morgan fingerprint density at radius 2 is 1.19 bits per heavy atom. The molecule has 0 amide bonds. The second kappa shape index (κ2) is 9.93. The zero-order valence-electron chi connectivity index (χ0n) is 18.3. The van der Waals surface area contributed by atoms with Crippen LogP contribution >= 0.6 is 0 Å². The maximum atomic E-state index is 6.92. The van der Waals surface area contributed by atoms with Gasteiger partial charge in [-0.3, -0.25) is 15.4 Å². The van der Waals surface area contributed by atoms with Crippen LogP contribution < -0.4 is 5.73 Å². The number of nitrogens with one attached hydrogen (secondary N) is 1. The first kappa shape index (κ1) is 24.4. The Morgan fingerprint density at radius 3 is 1.35 bits per heavy atom. The van der Waals surface area contributed by atoms with Gasteiger partial charge in [0.2, 0.25) is 0 Å². The van der Waals surface area contributed by atoms with Gasteiger partial charge in [0.1, 0.15) is 6.61 Å². The maximum absolute atomic E-state index is 6.92. The Bertz CT molecular complexity index is 503. The Labute approximate surface area is 160 Å². The van der Waals surface area contributed by atoms with Crippen molar-refractivity contribution in [2.75, 3.05) is 26.3 Å². The average Bonchev–Trinajstić information content (AvgIpc) is 3.02. The van der Waals surface area contributed by atoms with Crippen molar-refractivity contribution in [2.24, 2.45) is 32.0 Å². The van der Waals surface area contributed by atoms with Crippen molar-refractivity contribution >= 4 is 17.6 Å². The minimum absolute atomic E-state index is 0.0976. The summed E-state index contributed by atoms with van der Waals surface area (Å²) in [5, 5.41) is 6.92. The zero-order valence-corrected chi connectivity index (χ0v) is 18.3. The van der Waals surface area contributed by atoms with Crippen LogP contribution in [0, 0.1) is 21.7 Å². The Hall–Kier alpha value is -1.59. The molecule has 0 fully saturated rings. The summed E-state index contributed by atoms with van der Waals surface area (Å²) in [5.41, 5.74) is 5.22. The van der Waals surface area contributed by atoms with Crippen molar-refractivity contribution in [2.45, 2.75) is 68.7 Å². The second-order valence-corrected chi connectivity index (χ2v) is 9.59. The number of nitrogens with two attached hydrogens (primary N) is 1. The molecule has 152 valence electrons. The molecule has 3 N–H and O–H groups in total. The number of hydrogen-bond acceptors (Lipinski definition) is 5. The number of ether oxygens (including phenoxy) is 2. The SMILES string of the molecule is CC(C)(C)C(=N)N.CC(C)(C)C1=NCCCO1.CC(C)(C)C1=NCCO1. The third-order valence-electron chi connectivity index (χ3n) is 3.47. The molecule has 2 aliphatic rings. The van der Waals surface area contributed by atoms with Gasteiger partial charge in [0.15, 0.2) is 11.8 Å². The van der Waals surface area contributed by atoms with E-state index in [1.807, 2.05) is 20.8 Å². The molecule has 0 aromatic carbocycles. The lowest BCUT2D eigenvalue weighted by atomic mass is 9.96. The van der Waals surface area contributed by atoms with Gasteiger partial charge < -0.3 is 15.2 Å². The van der Waals surface area contributed by atoms with Gasteiger partial charge in [0.25, 0.3) is 0 Å². The minimum atomic E-state index is -0.139. The van der Waals surface area contributed by atoms with Crippen LogP contribution in [-0.2, 0) is 9.47 Å². The fourth-order valence-corrected chi connectivity index (χ4v) is 1.70. The van der Waals surface area contributed by atoms with Gasteiger partial charge in [-0.2, -0.15) is 0 Å². The highest BCUT2D eigenvalue weighted by Crippen LogP contribution is 2.19. The van der Waals surface area contributed by atoms with Gasteiger partial charge in [-0.05, 0) is 0 Å². The van der Waals surface area contributed by atoms with E-state index in [-0.39, 0.29) is 22.1 Å². The van der Waals surface area contributed by atoms with Crippen molar-refractivity contribution in [1.82, 2.24) is 0 Å². The highest BCUT2D eigenvalue weighted by Gasteiger charge is 2.23. The fourth-order valence-electron chi connectivity index (χ4n) is 1.70. The lowest BCUT2D eigenvalue weighted by Crippen LogP contribution is -2.27. The Kier molecular flexibility index (Phi) is 9.32. The highest BCUT2D eigenvalue weighted by atomic mass is 16.5. The summed E-state index contributed by atoms with van der Waals surface area (Å²) in [6.07, 6.45) is 1.07. The van der Waals surface area contributed by atoms with E-state index < -0.39 is 0 Å². The maximum Gasteiger partial charge on any atom is 0.188 e. The molecule has 0 bridgehead atoms. The fraction of sp³-hybridized carbons (Fsp3) is 0.850. The van der Waals surface area contributed by atoms with Crippen molar-refractivity contribution in [1.29, 1.82) is 5.41 Å². The average molecular weight is 369 g/mol. The third kappa shape index (κ3) is 10.4. The van der Waals surface area contributed by atoms with Gasteiger partial charge in [0.05, 0.1) is 19.0 Å². The van der Waals surface area contributed by atoms with E-state index in [0.717, 1.165) is 44.5 Å². The molecule has 26 heavy (non-hydrogen) atoms. The molecule has 0 aromatic rings. The predicted octanol–water partition coefficient (Wildman–Crippen LogP) is 4.28. The molecule has 0 spiro atoms. The Balaban J connectivity index is 0.000000368. The quantitative estimate of drug-likeness (QED) is 0.493.